The zero-order valence-electron chi connectivity index (χ0n) is 13.1. The molecule has 4 nitrogen and oxygen atoms in total. The Morgan fingerprint density at radius 3 is 2.67 bits per heavy atom. The van der Waals surface area contributed by atoms with Gasteiger partial charge in [-0.3, -0.25) is 0 Å². The van der Waals surface area contributed by atoms with Crippen LogP contribution in [0.2, 0.25) is 4.34 Å². The van der Waals surface area contributed by atoms with E-state index in [0.29, 0.717) is 4.34 Å². The number of fused-ring (bicyclic) bond motifs is 2. The molecule has 4 rings (SSSR count). The Labute approximate surface area is 153 Å². The molecule has 0 unspecified atom stereocenters. The second-order valence-electron chi connectivity index (χ2n) is 5.88. The molecule has 0 aromatic carbocycles. The summed E-state index contributed by atoms with van der Waals surface area (Å²) in [6, 6.07) is 2.18. The lowest BCUT2D eigenvalue weighted by Gasteiger charge is -2.34. The van der Waals surface area contributed by atoms with Gasteiger partial charge >= 0.3 is 0 Å². The summed E-state index contributed by atoms with van der Waals surface area (Å²) in [4.78, 5) is 9.61. The molecule has 0 amide bonds. The number of halogens is 1. The van der Waals surface area contributed by atoms with Gasteiger partial charge in [0.15, 0.2) is 0 Å². The van der Waals surface area contributed by atoms with E-state index in [9.17, 15) is 5.26 Å². The minimum Gasteiger partial charge on any atom is -0.353 e. The first-order valence-corrected chi connectivity index (χ1v) is 9.85. The van der Waals surface area contributed by atoms with Gasteiger partial charge in [-0.2, -0.15) is 16.6 Å². The van der Waals surface area contributed by atoms with Gasteiger partial charge in [-0.1, -0.05) is 11.6 Å². The highest BCUT2D eigenvalue weighted by molar-refractivity contribution is 7.15. The topological polar surface area (TPSA) is 42.6 Å². The van der Waals surface area contributed by atoms with Crippen LogP contribution >= 0.6 is 34.3 Å². The number of thiophene rings is 2. The highest BCUT2D eigenvalue weighted by Gasteiger charge is 2.28. The van der Waals surface area contributed by atoms with E-state index in [-0.39, 0.29) is 0 Å². The third-order valence-corrected chi connectivity index (χ3v) is 6.38. The van der Waals surface area contributed by atoms with Crippen molar-refractivity contribution in [2.75, 3.05) is 33.2 Å². The summed E-state index contributed by atoms with van der Waals surface area (Å²) < 4.78 is 0.675. The summed E-state index contributed by atoms with van der Waals surface area (Å²) in [7, 11) is 2.14. The predicted octanol–water partition coefficient (Wildman–Crippen LogP) is 4.06. The Kier molecular flexibility index (Phi) is 4.19. The Morgan fingerprint density at radius 2 is 1.92 bits per heavy atom. The quantitative estimate of drug-likeness (QED) is 0.653. The Hall–Kier alpha value is -1.65. The Morgan fingerprint density at radius 1 is 1.17 bits per heavy atom. The second kappa shape index (κ2) is 6.34. The van der Waals surface area contributed by atoms with Crippen LogP contribution in [0.15, 0.2) is 27.2 Å². The molecule has 0 saturated carbocycles. The number of aliphatic imine (C=N–C) groups is 1. The average molecular weight is 375 g/mol. The van der Waals surface area contributed by atoms with E-state index in [1.807, 2.05) is 5.38 Å². The van der Waals surface area contributed by atoms with Crippen molar-refractivity contribution in [3.8, 4) is 6.07 Å². The molecule has 1 saturated heterocycles. The molecule has 7 heteroatoms. The van der Waals surface area contributed by atoms with Crippen molar-refractivity contribution in [2.24, 2.45) is 4.99 Å². The molecule has 4 heterocycles. The fourth-order valence-corrected chi connectivity index (χ4v) is 4.92. The molecular weight excluding hydrogens is 360 g/mol. The summed E-state index contributed by atoms with van der Waals surface area (Å²) in [5.74, 6) is 0.974. The molecule has 1 fully saturated rings. The van der Waals surface area contributed by atoms with Crippen LogP contribution in [0.25, 0.3) is 5.57 Å². The Balaban J connectivity index is 1.90. The van der Waals surface area contributed by atoms with Gasteiger partial charge in [-0.25, -0.2) is 4.99 Å². The smallest absolute Gasteiger partial charge is 0.138 e. The Bertz CT molecular complexity index is 879. The predicted molar refractivity (Wildman–Crippen MR) is 102 cm³/mol. The van der Waals surface area contributed by atoms with Crippen molar-refractivity contribution in [3.63, 3.8) is 0 Å². The number of amidine groups is 1. The molecule has 24 heavy (non-hydrogen) atoms. The van der Waals surface area contributed by atoms with Gasteiger partial charge in [0.05, 0.1) is 6.07 Å². The number of likely N-dealkylation sites (N-methyl/N-ethyl adjacent to an activating group) is 1. The minimum absolute atomic E-state index is 0.675. The molecular formula is C17H15ClN4S2. The zero-order valence-corrected chi connectivity index (χ0v) is 15.5. The van der Waals surface area contributed by atoms with E-state index in [2.05, 4.69) is 33.7 Å². The van der Waals surface area contributed by atoms with Gasteiger partial charge in [0.25, 0.3) is 0 Å². The fourth-order valence-electron chi connectivity index (χ4n) is 3.09. The third kappa shape index (κ3) is 2.58. The van der Waals surface area contributed by atoms with Gasteiger partial charge in [0.2, 0.25) is 0 Å². The van der Waals surface area contributed by atoms with Crippen LogP contribution in [-0.4, -0.2) is 48.9 Å². The molecule has 0 aliphatic carbocycles. The normalized spacial score (nSPS) is 19.5. The fraction of sp³-hybridized carbons (Fsp3) is 0.294. The van der Waals surface area contributed by atoms with Gasteiger partial charge < -0.3 is 9.80 Å². The van der Waals surface area contributed by atoms with Crippen molar-refractivity contribution in [2.45, 2.75) is 0 Å². The summed E-state index contributed by atoms with van der Waals surface area (Å²) >= 11 is 9.53. The molecule has 0 spiro atoms. The maximum Gasteiger partial charge on any atom is 0.138 e. The van der Waals surface area contributed by atoms with Crippen LogP contribution in [-0.2, 0) is 0 Å². The van der Waals surface area contributed by atoms with Crippen molar-refractivity contribution in [1.82, 2.24) is 9.80 Å². The molecule has 2 aliphatic heterocycles. The van der Waals surface area contributed by atoms with Crippen LogP contribution in [0.1, 0.15) is 16.7 Å². The molecule has 0 N–H and O–H groups in total. The molecule has 2 aromatic rings. The summed E-state index contributed by atoms with van der Waals surface area (Å²) in [5, 5.41) is 15.5. The van der Waals surface area contributed by atoms with E-state index in [1.54, 1.807) is 17.4 Å². The number of piperazine rings is 1. The van der Waals surface area contributed by atoms with Crippen LogP contribution in [0, 0.1) is 11.3 Å². The van der Waals surface area contributed by atoms with E-state index in [1.165, 1.54) is 11.3 Å². The molecule has 2 aromatic heterocycles. The van der Waals surface area contributed by atoms with E-state index < -0.39 is 0 Å². The first kappa shape index (κ1) is 15.9. The number of hydrogen-bond donors (Lipinski definition) is 0. The van der Waals surface area contributed by atoms with Gasteiger partial charge in [0.1, 0.15) is 15.9 Å². The number of allylic oxidation sites excluding steroid dienone is 1. The monoisotopic (exact) mass is 374 g/mol. The molecule has 0 bridgehead atoms. The number of nitrogens with zero attached hydrogens (tertiary/aromatic N) is 4. The maximum atomic E-state index is 9.24. The highest BCUT2D eigenvalue weighted by Crippen LogP contribution is 2.45. The van der Waals surface area contributed by atoms with Gasteiger partial charge in [-0.15, -0.1) is 11.3 Å². The van der Waals surface area contributed by atoms with Gasteiger partial charge in [0, 0.05) is 65.3 Å². The lowest BCUT2D eigenvalue weighted by Crippen LogP contribution is -2.47. The second-order valence-corrected chi connectivity index (χ2v) is 8.11. The van der Waals surface area contributed by atoms with E-state index in [4.69, 9.17) is 16.6 Å². The summed E-state index contributed by atoms with van der Waals surface area (Å²) in [5.41, 5.74) is 4.84. The molecule has 2 aliphatic rings. The first-order valence-electron chi connectivity index (χ1n) is 7.65. The summed E-state index contributed by atoms with van der Waals surface area (Å²) in [6.07, 6.45) is 1.61. The van der Waals surface area contributed by atoms with Crippen molar-refractivity contribution in [3.05, 3.63) is 43.2 Å². The molecule has 122 valence electrons. The number of rotatable bonds is 0. The standard InChI is InChI=1S/C17H15ClN4S2/c1-21-4-6-22(7-5-21)17-14-9-23-8-12(14)11(2-3-19)13-10-24-16(18)15(13)20-17/h2,8-10H,4-7H2,1H3. The largest absolute Gasteiger partial charge is 0.353 e. The van der Waals surface area contributed by atoms with Crippen molar-refractivity contribution < 1.29 is 0 Å². The summed E-state index contributed by atoms with van der Waals surface area (Å²) in [6.45, 7) is 3.92. The van der Waals surface area contributed by atoms with Crippen LogP contribution in [0.5, 0.6) is 0 Å². The highest BCUT2D eigenvalue weighted by atomic mass is 35.5. The van der Waals surface area contributed by atoms with E-state index in [0.717, 1.165) is 60.0 Å². The van der Waals surface area contributed by atoms with Crippen LogP contribution < -0.4 is 0 Å². The lowest BCUT2D eigenvalue weighted by atomic mass is 9.99. The third-order valence-electron chi connectivity index (χ3n) is 4.43. The van der Waals surface area contributed by atoms with Crippen LogP contribution in [0.4, 0.5) is 5.69 Å². The minimum atomic E-state index is 0.675. The average Bonchev–Trinajstić information content (AvgIpc) is 3.16. The van der Waals surface area contributed by atoms with Crippen molar-refractivity contribution >= 4 is 51.4 Å². The molecule has 0 radical (unpaired) electrons. The van der Waals surface area contributed by atoms with E-state index >= 15 is 0 Å². The SMILES string of the molecule is CN1CCN(C2=Nc3c(csc3Cl)C(=CC#N)c3cscc32)CC1. The number of nitriles is 1. The van der Waals surface area contributed by atoms with Gasteiger partial charge in [-0.05, 0) is 12.4 Å². The van der Waals surface area contributed by atoms with Crippen LogP contribution in [0.3, 0.4) is 0 Å². The lowest BCUT2D eigenvalue weighted by molar-refractivity contribution is 0.216. The zero-order chi connectivity index (χ0) is 16.7. The number of hydrogen-bond acceptors (Lipinski definition) is 6. The first-order chi connectivity index (χ1) is 11.7. The van der Waals surface area contributed by atoms with Crippen molar-refractivity contribution in [1.29, 1.82) is 5.26 Å². The molecule has 0 atom stereocenters. The maximum absolute atomic E-state index is 9.24.